The summed E-state index contributed by atoms with van der Waals surface area (Å²) >= 11 is 1.51. The van der Waals surface area contributed by atoms with Crippen molar-refractivity contribution in [3.63, 3.8) is 0 Å². The number of benzene rings is 2. The number of anilines is 1. The summed E-state index contributed by atoms with van der Waals surface area (Å²) in [6, 6.07) is 14.5. The molecule has 0 radical (unpaired) electrons. The second kappa shape index (κ2) is 8.44. The van der Waals surface area contributed by atoms with Crippen LogP contribution >= 0.6 is 11.3 Å². The maximum absolute atomic E-state index is 13.3. The molecule has 0 unspecified atom stereocenters. The number of imidazole rings is 1. The van der Waals surface area contributed by atoms with Crippen molar-refractivity contribution in [3.8, 4) is 16.5 Å². The van der Waals surface area contributed by atoms with Crippen molar-refractivity contribution in [1.29, 1.82) is 0 Å². The minimum atomic E-state index is -0.380. The standard InChI is InChI=1S/C24H20N4O4S/c1-32-19(30)11-9-14-13-5-2-3-6-16(13)25-22(14)28-24(31)15-8-10-17(29)21-20(15)26-23(27-21)18-7-4-12-33-18/h2-8,10,12,25,29H,9,11H2,1H3,(H,26,27)(H,28,31). The highest BCUT2D eigenvalue weighted by Gasteiger charge is 2.20. The Balaban J connectivity index is 1.52. The Morgan fingerprint density at radius 2 is 1.97 bits per heavy atom. The van der Waals surface area contributed by atoms with Gasteiger partial charge in [0.05, 0.1) is 17.6 Å². The summed E-state index contributed by atoms with van der Waals surface area (Å²) in [7, 11) is 1.35. The highest BCUT2D eigenvalue weighted by Crippen LogP contribution is 2.32. The predicted octanol–water partition coefficient (Wildman–Crippen LogP) is 4.84. The molecule has 0 saturated heterocycles. The number of methoxy groups -OCH3 is 1. The van der Waals surface area contributed by atoms with Crippen LogP contribution in [0, 0.1) is 0 Å². The Kier molecular flexibility index (Phi) is 5.31. The number of aromatic hydroxyl groups is 1. The molecule has 8 nitrogen and oxygen atoms in total. The first-order valence-electron chi connectivity index (χ1n) is 10.3. The van der Waals surface area contributed by atoms with Gasteiger partial charge in [0.1, 0.15) is 28.4 Å². The lowest BCUT2D eigenvalue weighted by atomic mass is 10.1. The fraction of sp³-hybridized carbons (Fsp3) is 0.125. The van der Waals surface area contributed by atoms with Crippen molar-refractivity contribution >= 4 is 51.0 Å². The Morgan fingerprint density at radius 3 is 2.76 bits per heavy atom. The second-order valence-electron chi connectivity index (χ2n) is 7.47. The summed E-state index contributed by atoms with van der Waals surface area (Å²) in [6.45, 7) is 0. The van der Waals surface area contributed by atoms with Crippen LogP contribution in [-0.2, 0) is 16.0 Å². The van der Waals surface area contributed by atoms with Gasteiger partial charge in [-0.15, -0.1) is 11.3 Å². The summed E-state index contributed by atoms with van der Waals surface area (Å²) in [5.41, 5.74) is 2.76. The lowest BCUT2D eigenvalue weighted by molar-refractivity contribution is -0.140. The fourth-order valence-electron chi connectivity index (χ4n) is 3.87. The van der Waals surface area contributed by atoms with E-state index in [2.05, 4.69) is 20.3 Å². The smallest absolute Gasteiger partial charge is 0.305 e. The lowest BCUT2D eigenvalue weighted by Gasteiger charge is -2.08. The molecule has 3 aromatic heterocycles. The van der Waals surface area contributed by atoms with Crippen molar-refractivity contribution in [2.75, 3.05) is 12.4 Å². The number of esters is 1. The molecule has 0 saturated carbocycles. The number of aromatic amines is 2. The number of aryl methyl sites for hydroxylation is 1. The van der Waals surface area contributed by atoms with Crippen molar-refractivity contribution in [3.05, 3.63) is 65.0 Å². The number of nitrogens with zero attached hydrogens (tertiary/aromatic N) is 1. The molecule has 4 N–H and O–H groups in total. The third-order valence-electron chi connectivity index (χ3n) is 5.48. The Bertz CT molecular complexity index is 1480. The number of phenolic OH excluding ortho intramolecular Hbond substituents is 1. The summed E-state index contributed by atoms with van der Waals surface area (Å²) in [5.74, 6) is 0.409. The van der Waals surface area contributed by atoms with Crippen LogP contribution in [0.5, 0.6) is 5.75 Å². The van der Waals surface area contributed by atoms with Gasteiger partial charge in [0.15, 0.2) is 0 Å². The molecule has 0 atom stereocenters. The number of thiophene rings is 1. The molecule has 0 aliphatic rings. The number of amides is 1. The molecule has 0 aliphatic carbocycles. The molecule has 0 aliphatic heterocycles. The molecular weight excluding hydrogens is 440 g/mol. The number of phenols is 1. The number of rotatable bonds is 6. The molecule has 5 aromatic rings. The number of para-hydroxylation sites is 1. The van der Waals surface area contributed by atoms with E-state index in [0.29, 0.717) is 34.7 Å². The summed E-state index contributed by atoms with van der Waals surface area (Å²) < 4.78 is 4.77. The van der Waals surface area contributed by atoms with Crippen molar-refractivity contribution in [1.82, 2.24) is 15.0 Å². The van der Waals surface area contributed by atoms with Crippen LogP contribution in [0.1, 0.15) is 22.3 Å². The highest BCUT2D eigenvalue weighted by atomic mass is 32.1. The summed E-state index contributed by atoms with van der Waals surface area (Å²) in [4.78, 5) is 36.8. The van der Waals surface area contributed by atoms with E-state index in [-0.39, 0.29) is 24.0 Å². The summed E-state index contributed by atoms with van der Waals surface area (Å²) in [6.07, 6.45) is 0.594. The number of carbonyl (C=O) groups excluding carboxylic acids is 2. The molecule has 0 bridgehead atoms. The maximum Gasteiger partial charge on any atom is 0.305 e. The molecule has 0 spiro atoms. The number of hydrogen-bond donors (Lipinski definition) is 4. The maximum atomic E-state index is 13.3. The van der Waals surface area contributed by atoms with Gasteiger partial charge < -0.3 is 25.1 Å². The monoisotopic (exact) mass is 460 g/mol. The molecular formula is C24H20N4O4S. The Labute approximate surface area is 192 Å². The minimum Gasteiger partial charge on any atom is -0.506 e. The Hall–Kier alpha value is -4.11. The molecule has 1 amide bonds. The third-order valence-corrected chi connectivity index (χ3v) is 6.36. The van der Waals surface area contributed by atoms with Gasteiger partial charge in [0.25, 0.3) is 5.91 Å². The van der Waals surface area contributed by atoms with E-state index < -0.39 is 0 Å². The van der Waals surface area contributed by atoms with Gasteiger partial charge in [-0.3, -0.25) is 9.59 Å². The van der Waals surface area contributed by atoms with Gasteiger partial charge in [-0.05, 0) is 36.1 Å². The largest absolute Gasteiger partial charge is 0.506 e. The van der Waals surface area contributed by atoms with E-state index in [1.165, 1.54) is 24.5 Å². The van der Waals surface area contributed by atoms with E-state index in [4.69, 9.17) is 4.74 Å². The molecule has 3 heterocycles. The van der Waals surface area contributed by atoms with Crippen molar-refractivity contribution in [2.24, 2.45) is 0 Å². The first kappa shape index (κ1) is 20.8. The number of fused-ring (bicyclic) bond motifs is 2. The molecule has 9 heteroatoms. The molecule has 166 valence electrons. The summed E-state index contributed by atoms with van der Waals surface area (Å²) in [5, 5.41) is 16.1. The fourth-order valence-corrected chi connectivity index (χ4v) is 4.54. The zero-order valence-electron chi connectivity index (χ0n) is 17.6. The quantitative estimate of drug-likeness (QED) is 0.270. The van der Waals surface area contributed by atoms with Crippen LogP contribution in [0.25, 0.3) is 32.6 Å². The van der Waals surface area contributed by atoms with Gasteiger partial charge in [-0.1, -0.05) is 24.3 Å². The van der Waals surface area contributed by atoms with Gasteiger partial charge in [0.2, 0.25) is 0 Å². The molecule has 0 fully saturated rings. The average molecular weight is 461 g/mol. The number of ether oxygens (including phenoxy) is 1. The lowest BCUT2D eigenvalue weighted by Crippen LogP contribution is -2.14. The SMILES string of the molecule is COC(=O)CCc1c(NC(=O)c2ccc(O)c3[nH]c(-c4cccs4)nc23)[nH]c2ccccc12. The zero-order valence-corrected chi connectivity index (χ0v) is 18.5. The number of hydrogen-bond acceptors (Lipinski definition) is 6. The van der Waals surface area contributed by atoms with E-state index in [1.807, 2.05) is 41.8 Å². The average Bonchev–Trinajstić information content (AvgIpc) is 3.56. The number of aromatic nitrogens is 3. The molecule has 2 aromatic carbocycles. The first-order valence-corrected chi connectivity index (χ1v) is 11.2. The van der Waals surface area contributed by atoms with E-state index in [1.54, 1.807) is 6.07 Å². The van der Waals surface area contributed by atoms with Crippen LogP contribution in [0.3, 0.4) is 0 Å². The number of carbonyl (C=O) groups is 2. The number of nitrogens with one attached hydrogen (secondary N) is 3. The predicted molar refractivity (Wildman–Crippen MR) is 128 cm³/mol. The van der Waals surface area contributed by atoms with Gasteiger partial charge in [-0.25, -0.2) is 4.98 Å². The molecule has 5 rings (SSSR count). The second-order valence-corrected chi connectivity index (χ2v) is 8.42. The zero-order chi connectivity index (χ0) is 22.9. The van der Waals surface area contributed by atoms with Gasteiger partial charge in [-0.2, -0.15) is 0 Å². The normalized spacial score (nSPS) is 11.2. The molecule has 33 heavy (non-hydrogen) atoms. The van der Waals surface area contributed by atoms with Crippen LogP contribution in [0.15, 0.2) is 53.9 Å². The van der Waals surface area contributed by atoms with Gasteiger partial charge in [0, 0.05) is 22.9 Å². The Morgan fingerprint density at radius 1 is 1.12 bits per heavy atom. The third kappa shape index (κ3) is 3.83. The first-order chi connectivity index (χ1) is 16.0. The van der Waals surface area contributed by atoms with Crippen molar-refractivity contribution < 1.29 is 19.4 Å². The van der Waals surface area contributed by atoms with Crippen molar-refractivity contribution in [2.45, 2.75) is 12.8 Å². The van der Waals surface area contributed by atoms with Crippen LogP contribution in [0.2, 0.25) is 0 Å². The number of H-pyrrole nitrogens is 2. The van der Waals surface area contributed by atoms with Crippen LogP contribution < -0.4 is 5.32 Å². The van der Waals surface area contributed by atoms with Gasteiger partial charge >= 0.3 is 5.97 Å². The van der Waals surface area contributed by atoms with E-state index >= 15 is 0 Å². The van der Waals surface area contributed by atoms with Crippen LogP contribution in [-0.4, -0.2) is 39.0 Å². The minimum absolute atomic E-state index is 0.0150. The highest BCUT2D eigenvalue weighted by molar-refractivity contribution is 7.13. The topological polar surface area (TPSA) is 120 Å². The van der Waals surface area contributed by atoms with E-state index in [9.17, 15) is 14.7 Å². The van der Waals surface area contributed by atoms with Crippen LogP contribution in [0.4, 0.5) is 5.82 Å². The van der Waals surface area contributed by atoms with E-state index in [0.717, 1.165) is 21.3 Å².